The normalized spacial score (nSPS) is 10.8. The maximum absolute atomic E-state index is 11.8. The lowest BCUT2D eigenvalue weighted by Gasteiger charge is -2.16. The summed E-state index contributed by atoms with van der Waals surface area (Å²) in [7, 11) is 0. The highest BCUT2D eigenvalue weighted by Gasteiger charge is 2.28. The van der Waals surface area contributed by atoms with Gasteiger partial charge in [-0.15, -0.1) is 0 Å². The van der Waals surface area contributed by atoms with E-state index in [1.807, 2.05) is 6.07 Å². The Bertz CT molecular complexity index is 509. The molecule has 3 nitrogen and oxygen atoms in total. The Labute approximate surface area is 118 Å². The lowest BCUT2D eigenvalue weighted by Crippen LogP contribution is -2.29. The molecule has 0 spiro atoms. The molecule has 0 saturated heterocycles. The van der Waals surface area contributed by atoms with Crippen LogP contribution in [0, 0.1) is 16.7 Å². The number of halogens is 3. The lowest BCUT2D eigenvalue weighted by molar-refractivity contribution is -0.121. The minimum atomic E-state index is -1.12. The molecule has 1 rings (SSSR count). The van der Waals surface area contributed by atoms with E-state index in [1.165, 1.54) is 13.8 Å². The first kappa shape index (κ1) is 14.3. The van der Waals surface area contributed by atoms with Crippen molar-refractivity contribution in [3.05, 3.63) is 26.7 Å². The van der Waals surface area contributed by atoms with Crippen molar-refractivity contribution in [2.75, 3.05) is 5.32 Å². The Balaban J connectivity index is 3.03. The van der Waals surface area contributed by atoms with Crippen LogP contribution < -0.4 is 5.32 Å². The summed E-state index contributed by atoms with van der Waals surface area (Å²) in [6, 6.07) is 5.19. The summed E-state index contributed by atoms with van der Waals surface area (Å²) in [5.74, 6) is -0.430. The summed E-state index contributed by atoms with van der Waals surface area (Å²) >= 11 is 15.1. The van der Waals surface area contributed by atoms with Crippen molar-refractivity contribution in [1.82, 2.24) is 0 Å². The van der Waals surface area contributed by atoms with Gasteiger partial charge in [0.1, 0.15) is 5.41 Å². The topological polar surface area (TPSA) is 52.9 Å². The van der Waals surface area contributed by atoms with Crippen molar-refractivity contribution < 1.29 is 4.79 Å². The molecule has 0 unspecified atom stereocenters. The van der Waals surface area contributed by atoms with Gasteiger partial charge in [0.05, 0.1) is 21.8 Å². The summed E-state index contributed by atoms with van der Waals surface area (Å²) in [4.78, 5) is 11.8. The molecule has 0 heterocycles. The number of nitrogens with one attached hydrogen (secondary N) is 1. The van der Waals surface area contributed by atoms with Gasteiger partial charge in [-0.3, -0.25) is 4.79 Å². The van der Waals surface area contributed by atoms with Crippen LogP contribution in [-0.2, 0) is 4.79 Å². The van der Waals surface area contributed by atoms with Crippen LogP contribution in [0.2, 0.25) is 10.0 Å². The number of nitriles is 1. The van der Waals surface area contributed by atoms with E-state index in [0.29, 0.717) is 15.2 Å². The van der Waals surface area contributed by atoms with Crippen LogP contribution in [0.1, 0.15) is 13.8 Å². The number of amides is 1. The van der Waals surface area contributed by atoms with Crippen LogP contribution in [0.15, 0.2) is 16.6 Å². The second-order valence-corrected chi connectivity index (χ2v) is 5.52. The van der Waals surface area contributed by atoms with Gasteiger partial charge in [-0.05, 0) is 41.9 Å². The zero-order valence-corrected chi connectivity index (χ0v) is 12.2. The average Bonchev–Trinajstić information content (AvgIpc) is 2.29. The Hall–Kier alpha value is -0.760. The zero-order valence-electron chi connectivity index (χ0n) is 9.14. The largest absolute Gasteiger partial charge is 0.323 e. The molecule has 0 aliphatic carbocycles. The van der Waals surface area contributed by atoms with Gasteiger partial charge in [0.2, 0.25) is 5.91 Å². The fourth-order valence-electron chi connectivity index (χ4n) is 0.952. The highest BCUT2D eigenvalue weighted by molar-refractivity contribution is 9.10. The van der Waals surface area contributed by atoms with E-state index in [-0.39, 0.29) is 5.02 Å². The number of carbonyl (C=O) groups is 1. The predicted octanol–water partition coefficient (Wildman–Crippen LogP) is 4.24. The molecule has 1 aromatic rings. The van der Waals surface area contributed by atoms with Crippen LogP contribution >= 0.6 is 39.1 Å². The molecule has 17 heavy (non-hydrogen) atoms. The molecule has 90 valence electrons. The van der Waals surface area contributed by atoms with Crippen molar-refractivity contribution in [2.24, 2.45) is 5.41 Å². The highest BCUT2D eigenvalue weighted by Crippen LogP contribution is 2.36. The predicted molar refractivity (Wildman–Crippen MR) is 72.2 cm³/mol. The third kappa shape index (κ3) is 3.12. The molecule has 0 saturated carbocycles. The molecular formula is C11H9BrCl2N2O. The fourth-order valence-corrected chi connectivity index (χ4v) is 1.77. The maximum atomic E-state index is 11.8. The molecule has 0 atom stereocenters. The molecule has 1 N–H and O–H groups in total. The van der Waals surface area contributed by atoms with E-state index >= 15 is 0 Å². The summed E-state index contributed by atoms with van der Waals surface area (Å²) in [6.07, 6.45) is 0. The molecule has 0 radical (unpaired) electrons. The van der Waals surface area contributed by atoms with Gasteiger partial charge in [0.15, 0.2) is 0 Å². The minimum Gasteiger partial charge on any atom is -0.323 e. The summed E-state index contributed by atoms with van der Waals surface area (Å²) in [5.41, 5.74) is -0.740. The maximum Gasteiger partial charge on any atom is 0.244 e. The van der Waals surface area contributed by atoms with Gasteiger partial charge in [-0.1, -0.05) is 23.2 Å². The third-order valence-corrected chi connectivity index (χ3v) is 3.90. The quantitative estimate of drug-likeness (QED) is 0.821. The van der Waals surface area contributed by atoms with Gasteiger partial charge in [0, 0.05) is 4.47 Å². The summed E-state index contributed by atoms with van der Waals surface area (Å²) in [6.45, 7) is 3.05. The molecule has 0 aromatic heterocycles. The van der Waals surface area contributed by atoms with Gasteiger partial charge < -0.3 is 5.32 Å². The smallest absolute Gasteiger partial charge is 0.244 e. The van der Waals surface area contributed by atoms with Gasteiger partial charge >= 0.3 is 0 Å². The summed E-state index contributed by atoms with van der Waals surface area (Å²) < 4.78 is 0.640. The van der Waals surface area contributed by atoms with Gasteiger partial charge in [0.25, 0.3) is 0 Å². The third-order valence-electron chi connectivity index (χ3n) is 2.13. The monoisotopic (exact) mass is 334 g/mol. The zero-order chi connectivity index (χ0) is 13.2. The van der Waals surface area contributed by atoms with Crippen LogP contribution in [0.4, 0.5) is 5.69 Å². The Morgan fingerprint density at radius 1 is 1.41 bits per heavy atom. The molecule has 0 aliphatic rings. The number of hydrogen-bond acceptors (Lipinski definition) is 2. The van der Waals surface area contributed by atoms with E-state index in [9.17, 15) is 4.79 Å². The SMILES string of the molecule is CC(C)(C#N)C(=O)Nc1ccc(Br)c(Cl)c1Cl. The Kier molecular flexibility index (Phi) is 4.42. The molecular weight excluding hydrogens is 327 g/mol. The molecule has 0 bridgehead atoms. The number of hydrogen-bond donors (Lipinski definition) is 1. The van der Waals surface area contributed by atoms with Crippen molar-refractivity contribution in [1.29, 1.82) is 5.26 Å². The van der Waals surface area contributed by atoms with Crippen LogP contribution in [0.3, 0.4) is 0 Å². The van der Waals surface area contributed by atoms with Gasteiger partial charge in [-0.25, -0.2) is 0 Å². The standard InChI is InChI=1S/C11H9BrCl2N2O/c1-11(2,5-15)10(17)16-7-4-3-6(12)8(13)9(7)14/h3-4H,1-2H3,(H,16,17). The average molecular weight is 336 g/mol. The Morgan fingerprint density at radius 3 is 2.53 bits per heavy atom. The fraction of sp³-hybridized carbons (Fsp3) is 0.273. The van der Waals surface area contributed by atoms with Crippen LogP contribution in [-0.4, -0.2) is 5.91 Å². The molecule has 1 aromatic carbocycles. The van der Waals surface area contributed by atoms with Crippen molar-refractivity contribution in [3.8, 4) is 6.07 Å². The van der Waals surface area contributed by atoms with Gasteiger partial charge in [-0.2, -0.15) is 5.26 Å². The van der Waals surface area contributed by atoms with E-state index in [1.54, 1.807) is 12.1 Å². The minimum absolute atomic E-state index is 0.239. The van der Waals surface area contributed by atoms with E-state index in [2.05, 4.69) is 21.2 Å². The highest BCUT2D eigenvalue weighted by atomic mass is 79.9. The first-order valence-corrected chi connectivity index (χ1v) is 6.20. The summed E-state index contributed by atoms with van der Waals surface area (Å²) in [5, 5.41) is 12.0. The van der Waals surface area contributed by atoms with Crippen molar-refractivity contribution in [2.45, 2.75) is 13.8 Å². The molecule has 0 fully saturated rings. The van der Waals surface area contributed by atoms with E-state index in [0.717, 1.165) is 0 Å². The molecule has 6 heteroatoms. The molecule has 0 aliphatic heterocycles. The van der Waals surface area contributed by atoms with E-state index < -0.39 is 11.3 Å². The number of rotatable bonds is 2. The number of anilines is 1. The Morgan fingerprint density at radius 2 is 2.00 bits per heavy atom. The lowest BCUT2D eigenvalue weighted by atomic mass is 9.94. The van der Waals surface area contributed by atoms with E-state index in [4.69, 9.17) is 28.5 Å². The van der Waals surface area contributed by atoms with Crippen LogP contribution in [0.25, 0.3) is 0 Å². The van der Waals surface area contributed by atoms with Crippen molar-refractivity contribution >= 4 is 50.7 Å². The number of benzene rings is 1. The number of nitrogens with zero attached hydrogens (tertiary/aromatic N) is 1. The molecule has 1 amide bonds. The first-order chi connectivity index (χ1) is 7.79. The van der Waals surface area contributed by atoms with Crippen LogP contribution in [0.5, 0.6) is 0 Å². The number of carbonyl (C=O) groups excluding carboxylic acids is 1. The van der Waals surface area contributed by atoms with Crippen molar-refractivity contribution in [3.63, 3.8) is 0 Å². The second kappa shape index (κ2) is 5.26. The second-order valence-electron chi connectivity index (χ2n) is 3.91. The first-order valence-electron chi connectivity index (χ1n) is 4.66.